The molecule has 0 saturated carbocycles. The number of carboxylic acid groups (broad SMARTS) is 1. The molecule has 0 saturated heterocycles. The third-order valence-corrected chi connectivity index (χ3v) is 2.89. The molecule has 0 aliphatic carbocycles. The zero-order valence-electron chi connectivity index (χ0n) is 10.1. The van der Waals surface area contributed by atoms with Crippen molar-refractivity contribution in [3.8, 4) is 0 Å². The molecule has 2 aromatic heterocycles. The minimum atomic E-state index is -1.03. The topological polar surface area (TPSA) is 74.9 Å². The van der Waals surface area contributed by atoms with E-state index in [0.29, 0.717) is 5.56 Å². The fourth-order valence-corrected chi connectivity index (χ4v) is 1.59. The van der Waals surface area contributed by atoms with Gasteiger partial charge in [0, 0.05) is 25.6 Å². The molecule has 1 unspecified atom stereocenters. The fraction of sp³-hybridized carbons (Fsp3) is 0.250. The summed E-state index contributed by atoms with van der Waals surface area (Å²) in [5.41, 5.74) is 1.16. The fourth-order valence-electron chi connectivity index (χ4n) is 1.59. The Hall–Kier alpha value is -2.37. The van der Waals surface area contributed by atoms with Crippen molar-refractivity contribution in [1.29, 1.82) is 0 Å². The van der Waals surface area contributed by atoms with Gasteiger partial charge in [-0.1, -0.05) is 0 Å². The van der Waals surface area contributed by atoms with Crippen LogP contribution in [0.1, 0.15) is 17.3 Å². The van der Waals surface area contributed by atoms with Crippen molar-refractivity contribution in [2.24, 2.45) is 0 Å². The standard InChI is InChI=1S/C12H13N3O3/c1-8(12(17)18)14(2)11(16)9-3-4-10-13-5-6-15(10)7-9/h3-8H,1-2H3,(H,17,18). The van der Waals surface area contributed by atoms with E-state index in [-0.39, 0.29) is 5.91 Å². The van der Waals surface area contributed by atoms with E-state index < -0.39 is 12.0 Å². The summed E-state index contributed by atoms with van der Waals surface area (Å²) < 4.78 is 1.71. The van der Waals surface area contributed by atoms with Crippen LogP contribution in [0.15, 0.2) is 30.7 Å². The highest BCUT2D eigenvalue weighted by Crippen LogP contribution is 2.09. The maximum Gasteiger partial charge on any atom is 0.326 e. The number of hydrogen-bond acceptors (Lipinski definition) is 3. The van der Waals surface area contributed by atoms with Crippen molar-refractivity contribution in [3.05, 3.63) is 36.3 Å². The SMILES string of the molecule is CC(C(=O)O)N(C)C(=O)c1ccc2nccn2c1. The number of pyridine rings is 1. The number of amides is 1. The smallest absolute Gasteiger partial charge is 0.326 e. The summed E-state index contributed by atoms with van der Waals surface area (Å²) in [5, 5.41) is 8.88. The minimum Gasteiger partial charge on any atom is -0.480 e. The molecule has 1 amide bonds. The lowest BCUT2D eigenvalue weighted by atomic mass is 10.2. The van der Waals surface area contributed by atoms with Gasteiger partial charge >= 0.3 is 5.97 Å². The van der Waals surface area contributed by atoms with E-state index >= 15 is 0 Å². The molecule has 1 N–H and O–H groups in total. The Morgan fingerprint density at radius 2 is 2.17 bits per heavy atom. The van der Waals surface area contributed by atoms with Gasteiger partial charge in [0.25, 0.3) is 5.91 Å². The van der Waals surface area contributed by atoms with Gasteiger partial charge in [0.2, 0.25) is 0 Å². The molecule has 0 spiro atoms. The number of carbonyl (C=O) groups excluding carboxylic acids is 1. The van der Waals surface area contributed by atoms with Gasteiger partial charge in [-0.25, -0.2) is 9.78 Å². The van der Waals surface area contributed by atoms with Crippen molar-refractivity contribution < 1.29 is 14.7 Å². The van der Waals surface area contributed by atoms with Crippen molar-refractivity contribution in [2.45, 2.75) is 13.0 Å². The Morgan fingerprint density at radius 1 is 1.44 bits per heavy atom. The van der Waals surface area contributed by atoms with E-state index in [1.807, 2.05) is 0 Å². The molecule has 0 aliphatic rings. The zero-order valence-corrected chi connectivity index (χ0v) is 10.1. The van der Waals surface area contributed by atoms with Gasteiger partial charge in [0.05, 0.1) is 5.56 Å². The number of carboxylic acids is 1. The van der Waals surface area contributed by atoms with Crippen LogP contribution < -0.4 is 0 Å². The Bertz CT molecular complexity index is 605. The Labute approximate surface area is 103 Å². The highest BCUT2D eigenvalue weighted by atomic mass is 16.4. The van der Waals surface area contributed by atoms with Gasteiger partial charge in [-0.05, 0) is 19.1 Å². The Balaban J connectivity index is 2.30. The first kappa shape index (κ1) is 12.1. The third-order valence-electron chi connectivity index (χ3n) is 2.89. The summed E-state index contributed by atoms with van der Waals surface area (Å²) in [6.45, 7) is 1.47. The first-order valence-corrected chi connectivity index (χ1v) is 5.43. The van der Waals surface area contributed by atoms with Crippen molar-refractivity contribution in [3.63, 3.8) is 0 Å². The van der Waals surface area contributed by atoms with Crippen molar-refractivity contribution in [2.75, 3.05) is 7.05 Å². The monoisotopic (exact) mass is 247 g/mol. The number of carbonyl (C=O) groups is 2. The quantitative estimate of drug-likeness (QED) is 0.873. The summed E-state index contributed by atoms with van der Waals surface area (Å²) in [5.74, 6) is -1.37. The molecule has 6 heteroatoms. The molecule has 2 aromatic rings. The second-order valence-electron chi connectivity index (χ2n) is 4.04. The Morgan fingerprint density at radius 3 is 2.83 bits per heavy atom. The maximum absolute atomic E-state index is 12.1. The van der Waals surface area contributed by atoms with Crippen LogP contribution in [0, 0.1) is 0 Å². The van der Waals surface area contributed by atoms with Crippen molar-refractivity contribution in [1.82, 2.24) is 14.3 Å². The molecule has 0 aliphatic heterocycles. The van der Waals surface area contributed by atoms with Crippen LogP contribution in [0.5, 0.6) is 0 Å². The summed E-state index contributed by atoms with van der Waals surface area (Å²) in [4.78, 5) is 28.2. The summed E-state index contributed by atoms with van der Waals surface area (Å²) >= 11 is 0. The lowest BCUT2D eigenvalue weighted by Crippen LogP contribution is -2.40. The molecule has 2 heterocycles. The third kappa shape index (κ3) is 2.04. The average Bonchev–Trinajstić information content (AvgIpc) is 2.82. The van der Waals surface area contributed by atoms with Crippen molar-refractivity contribution >= 4 is 17.5 Å². The van der Waals surface area contributed by atoms with E-state index in [0.717, 1.165) is 5.65 Å². The van der Waals surface area contributed by atoms with Crippen LogP contribution in [0.2, 0.25) is 0 Å². The normalized spacial score (nSPS) is 12.3. The minimum absolute atomic E-state index is 0.333. The molecule has 18 heavy (non-hydrogen) atoms. The molecule has 1 atom stereocenters. The maximum atomic E-state index is 12.1. The largest absolute Gasteiger partial charge is 0.480 e. The predicted octanol–water partition coefficient (Wildman–Crippen LogP) is 0.879. The van der Waals surface area contributed by atoms with Gasteiger partial charge in [-0.2, -0.15) is 0 Å². The number of fused-ring (bicyclic) bond motifs is 1. The second kappa shape index (κ2) is 4.48. The van der Waals surface area contributed by atoms with E-state index in [1.54, 1.807) is 35.1 Å². The first-order valence-electron chi connectivity index (χ1n) is 5.43. The average molecular weight is 247 g/mol. The van der Waals surface area contributed by atoms with E-state index in [1.165, 1.54) is 18.9 Å². The van der Waals surface area contributed by atoms with Crippen LogP contribution in [0.3, 0.4) is 0 Å². The van der Waals surface area contributed by atoms with Crippen LogP contribution in [-0.4, -0.2) is 44.4 Å². The molecule has 0 fully saturated rings. The van der Waals surface area contributed by atoms with Crippen LogP contribution in [0.25, 0.3) is 5.65 Å². The zero-order chi connectivity index (χ0) is 13.3. The van der Waals surface area contributed by atoms with Gasteiger partial charge in [-0.15, -0.1) is 0 Å². The first-order chi connectivity index (χ1) is 8.50. The summed E-state index contributed by atoms with van der Waals surface area (Å²) in [7, 11) is 1.47. The van der Waals surface area contributed by atoms with Crippen LogP contribution >= 0.6 is 0 Å². The lowest BCUT2D eigenvalue weighted by molar-refractivity contribution is -0.141. The van der Waals surface area contributed by atoms with Gasteiger partial charge in [-0.3, -0.25) is 4.79 Å². The molecular weight excluding hydrogens is 234 g/mol. The van der Waals surface area contributed by atoms with Crippen LogP contribution in [-0.2, 0) is 4.79 Å². The number of imidazole rings is 1. The number of rotatable bonds is 3. The van der Waals surface area contributed by atoms with E-state index in [9.17, 15) is 9.59 Å². The van der Waals surface area contributed by atoms with Gasteiger partial charge in [0.15, 0.2) is 0 Å². The summed E-state index contributed by atoms with van der Waals surface area (Å²) in [6, 6.07) is 2.48. The van der Waals surface area contributed by atoms with Crippen LogP contribution in [0.4, 0.5) is 0 Å². The highest BCUT2D eigenvalue weighted by molar-refractivity contribution is 5.96. The molecule has 0 aromatic carbocycles. The number of aliphatic carboxylic acids is 1. The molecule has 94 valence electrons. The van der Waals surface area contributed by atoms with Gasteiger partial charge < -0.3 is 14.4 Å². The molecular formula is C12H13N3O3. The second-order valence-corrected chi connectivity index (χ2v) is 4.04. The molecule has 0 bridgehead atoms. The number of nitrogens with zero attached hydrogens (tertiary/aromatic N) is 3. The highest BCUT2D eigenvalue weighted by Gasteiger charge is 2.22. The predicted molar refractivity (Wildman–Crippen MR) is 64.4 cm³/mol. The van der Waals surface area contributed by atoms with E-state index in [2.05, 4.69) is 4.98 Å². The number of aromatic nitrogens is 2. The lowest BCUT2D eigenvalue weighted by Gasteiger charge is -2.21. The summed E-state index contributed by atoms with van der Waals surface area (Å²) in [6.07, 6.45) is 5.00. The number of hydrogen-bond donors (Lipinski definition) is 1. The Kier molecular flexibility index (Phi) is 3.01. The number of likely N-dealkylation sites (N-methyl/N-ethyl adjacent to an activating group) is 1. The molecule has 2 rings (SSSR count). The molecule has 0 radical (unpaired) electrons. The van der Waals surface area contributed by atoms with E-state index in [4.69, 9.17) is 5.11 Å². The van der Waals surface area contributed by atoms with Gasteiger partial charge in [0.1, 0.15) is 11.7 Å². The molecule has 6 nitrogen and oxygen atoms in total.